The molecule has 1 amide bonds. The Bertz CT molecular complexity index is 809. The normalized spacial score (nSPS) is 24.8. The lowest BCUT2D eigenvalue weighted by Crippen LogP contribution is -2.50. The number of aliphatic carboxylic acids is 1. The Morgan fingerprint density at radius 3 is 2.57 bits per heavy atom. The van der Waals surface area contributed by atoms with Gasteiger partial charge in [-0.3, -0.25) is 28.8 Å². The highest BCUT2D eigenvalue weighted by molar-refractivity contribution is 7.49. The average molecular weight is 416 g/mol. The third kappa shape index (κ3) is 5.28. The monoisotopic (exact) mass is 416 g/mol. The second-order valence-electron chi connectivity index (χ2n) is 7.02. The molecule has 1 aliphatic heterocycles. The Balaban J connectivity index is 2.10. The Hall–Kier alpha value is -2.49. The van der Waals surface area contributed by atoms with Crippen molar-refractivity contribution >= 4 is 25.4 Å². The molecule has 2 rings (SSSR count). The third-order valence-corrected chi connectivity index (χ3v) is 5.39. The Labute approximate surface area is 160 Å². The van der Waals surface area contributed by atoms with E-state index in [2.05, 4.69) is 5.32 Å². The third-order valence-electron chi connectivity index (χ3n) is 4.05. The van der Waals surface area contributed by atoms with Gasteiger partial charge in [0.25, 0.3) is 11.6 Å². The molecule has 0 saturated carbocycles. The van der Waals surface area contributed by atoms with Gasteiger partial charge in [0, 0.05) is 24.1 Å². The van der Waals surface area contributed by atoms with Crippen LogP contribution in [-0.4, -0.2) is 41.2 Å². The van der Waals surface area contributed by atoms with Crippen LogP contribution in [0.1, 0.15) is 20.8 Å². The van der Waals surface area contributed by atoms with Gasteiger partial charge >= 0.3 is 13.8 Å². The molecule has 0 aromatic heterocycles. The number of carboxylic acids is 1. The molecule has 1 saturated heterocycles. The number of rotatable bonds is 7. The number of nitrogens with one attached hydrogen (secondary N) is 1. The summed E-state index contributed by atoms with van der Waals surface area (Å²) in [6.45, 7) is 4.50. The fourth-order valence-electron chi connectivity index (χ4n) is 2.27. The molecule has 1 fully saturated rings. The van der Waals surface area contributed by atoms with Gasteiger partial charge < -0.3 is 14.9 Å². The van der Waals surface area contributed by atoms with E-state index in [0.717, 1.165) is 12.1 Å². The maximum Gasteiger partial charge on any atom is 0.530 e. The highest BCUT2D eigenvalue weighted by Crippen LogP contribution is 2.56. The smallest absolute Gasteiger partial charge is 0.481 e. The predicted octanol–water partition coefficient (Wildman–Crippen LogP) is 2.36. The largest absolute Gasteiger partial charge is 0.530 e. The average Bonchev–Trinajstić information content (AvgIpc) is 2.62. The number of hydrogen-bond acceptors (Lipinski definition) is 8. The van der Waals surface area contributed by atoms with Crippen LogP contribution in [0.3, 0.4) is 0 Å². The van der Waals surface area contributed by atoms with Gasteiger partial charge in [0.2, 0.25) is 0 Å². The van der Waals surface area contributed by atoms with E-state index in [4.69, 9.17) is 18.7 Å². The molecular formula is C16H21N2O9P. The van der Waals surface area contributed by atoms with Gasteiger partial charge in [0.05, 0.1) is 17.4 Å². The van der Waals surface area contributed by atoms with E-state index in [0.29, 0.717) is 0 Å². The molecule has 28 heavy (non-hydrogen) atoms. The number of nitrogens with zero attached hydrogens (tertiary/aromatic N) is 1. The molecule has 0 spiro atoms. The molecule has 0 aliphatic carbocycles. The lowest BCUT2D eigenvalue weighted by Gasteiger charge is -2.39. The van der Waals surface area contributed by atoms with Crippen molar-refractivity contribution in [3.63, 3.8) is 0 Å². The van der Waals surface area contributed by atoms with E-state index >= 15 is 0 Å². The van der Waals surface area contributed by atoms with Crippen LogP contribution in [0.15, 0.2) is 24.3 Å². The summed E-state index contributed by atoms with van der Waals surface area (Å²) < 4.78 is 28.6. The van der Waals surface area contributed by atoms with Gasteiger partial charge in [-0.15, -0.1) is 0 Å². The lowest BCUT2D eigenvalue weighted by molar-refractivity contribution is -0.384. The maximum absolute atomic E-state index is 12.8. The molecule has 1 aromatic rings. The molecule has 0 radical (unpaired) electrons. The van der Waals surface area contributed by atoms with E-state index in [9.17, 15) is 24.3 Å². The van der Waals surface area contributed by atoms with Crippen molar-refractivity contribution in [3.05, 3.63) is 34.4 Å². The minimum Gasteiger partial charge on any atom is -0.481 e. The zero-order valence-corrected chi connectivity index (χ0v) is 16.4. The molecular weight excluding hydrogens is 395 g/mol. The van der Waals surface area contributed by atoms with Gasteiger partial charge in [-0.2, -0.15) is 0 Å². The van der Waals surface area contributed by atoms with Gasteiger partial charge in [-0.25, -0.2) is 4.57 Å². The summed E-state index contributed by atoms with van der Waals surface area (Å²) in [5, 5.41) is 22.0. The number of phosphoric acid groups is 1. The van der Waals surface area contributed by atoms with E-state index in [1.54, 1.807) is 13.8 Å². The molecule has 0 bridgehead atoms. The molecule has 2 unspecified atom stereocenters. The Kier molecular flexibility index (Phi) is 6.43. The van der Waals surface area contributed by atoms with E-state index < -0.39 is 42.1 Å². The summed E-state index contributed by atoms with van der Waals surface area (Å²) in [5.41, 5.74) is -1.04. The highest BCUT2D eigenvalue weighted by Gasteiger charge is 2.50. The highest BCUT2D eigenvalue weighted by atomic mass is 31.2. The quantitative estimate of drug-likeness (QED) is 0.387. The number of carbonyl (C=O) groups is 2. The van der Waals surface area contributed by atoms with Crippen LogP contribution in [0, 0.1) is 21.4 Å². The summed E-state index contributed by atoms with van der Waals surface area (Å²) in [6, 6.07) is 4.78. The number of non-ortho nitro benzene ring substituents is 1. The summed E-state index contributed by atoms with van der Waals surface area (Å²) in [6.07, 6.45) is -1.22. The van der Waals surface area contributed by atoms with Crippen molar-refractivity contribution in [2.45, 2.75) is 26.9 Å². The number of phosphoric ester groups is 1. The van der Waals surface area contributed by atoms with Crippen molar-refractivity contribution in [2.75, 3.05) is 13.2 Å². The second kappa shape index (κ2) is 8.26. The van der Waals surface area contributed by atoms with Crippen LogP contribution in [0.2, 0.25) is 0 Å². The Morgan fingerprint density at radius 1 is 1.43 bits per heavy atom. The minimum atomic E-state index is -4.18. The lowest BCUT2D eigenvalue weighted by atomic mass is 9.87. The fourth-order valence-corrected chi connectivity index (χ4v) is 3.93. The van der Waals surface area contributed by atoms with Crippen molar-refractivity contribution in [3.8, 4) is 5.75 Å². The van der Waals surface area contributed by atoms with Crippen LogP contribution in [0.4, 0.5) is 5.69 Å². The van der Waals surface area contributed by atoms with Gasteiger partial charge in [0.1, 0.15) is 5.75 Å². The van der Waals surface area contributed by atoms with Crippen molar-refractivity contribution in [1.82, 2.24) is 5.32 Å². The Morgan fingerprint density at radius 2 is 2.04 bits per heavy atom. The van der Waals surface area contributed by atoms with Crippen LogP contribution in [0.5, 0.6) is 5.75 Å². The van der Waals surface area contributed by atoms with Crippen LogP contribution < -0.4 is 9.84 Å². The second-order valence-corrected chi connectivity index (χ2v) is 8.57. The first-order valence-corrected chi connectivity index (χ1v) is 9.77. The number of carbonyl (C=O) groups excluding carboxylic acids is 1. The van der Waals surface area contributed by atoms with Gasteiger partial charge in [-0.05, 0) is 12.1 Å². The first kappa shape index (κ1) is 21.8. The van der Waals surface area contributed by atoms with Crippen molar-refractivity contribution in [1.29, 1.82) is 0 Å². The number of nitro groups is 1. The van der Waals surface area contributed by atoms with E-state index in [-0.39, 0.29) is 24.6 Å². The van der Waals surface area contributed by atoms with Gasteiger partial charge in [0.15, 0.2) is 6.10 Å². The van der Waals surface area contributed by atoms with Crippen LogP contribution in [-0.2, 0) is 23.2 Å². The maximum atomic E-state index is 12.8. The topological polar surface area (TPSA) is 154 Å². The number of benzene rings is 1. The van der Waals surface area contributed by atoms with Crippen molar-refractivity contribution in [2.24, 2.45) is 11.3 Å². The number of hydrogen-bond donors (Lipinski definition) is 2. The molecule has 154 valence electrons. The zero-order chi connectivity index (χ0) is 21.1. The first-order chi connectivity index (χ1) is 12.9. The van der Waals surface area contributed by atoms with Gasteiger partial charge in [-0.1, -0.05) is 20.8 Å². The molecule has 1 aromatic carbocycles. The summed E-state index contributed by atoms with van der Waals surface area (Å²) in [7, 11) is -4.18. The number of nitro benzene ring substituents is 1. The zero-order valence-electron chi connectivity index (χ0n) is 15.5. The van der Waals surface area contributed by atoms with E-state index in [1.807, 2.05) is 0 Å². The summed E-state index contributed by atoms with van der Waals surface area (Å²) >= 11 is 0. The molecule has 3 atom stereocenters. The van der Waals surface area contributed by atoms with Crippen LogP contribution >= 0.6 is 7.82 Å². The van der Waals surface area contributed by atoms with Crippen LogP contribution in [0.25, 0.3) is 0 Å². The fraction of sp³-hybridized carbons (Fsp3) is 0.500. The predicted molar refractivity (Wildman–Crippen MR) is 95.7 cm³/mol. The molecule has 1 heterocycles. The SMILES string of the molecule is CC(CNC(=O)[C@@H]1OP(=O)(Oc2ccc([N+](=O)[O-])cc2)OCC1(C)C)C(=O)O. The van der Waals surface area contributed by atoms with E-state index in [1.165, 1.54) is 19.1 Å². The molecule has 12 heteroatoms. The molecule has 11 nitrogen and oxygen atoms in total. The number of amides is 1. The van der Waals surface area contributed by atoms with Crippen molar-refractivity contribution < 1.29 is 37.8 Å². The summed E-state index contributed by atoms with van der Waals surface area (Å²) in [5.74, 6) is -2.52. The minimum absolute atomic E-state index is 0.00676. The summed E-state index contributed by atoms with van der Waals surface area (Å²) in [4.78, 5) is 33.4. The molecule has 2 N–H and O–H groups in total. The molecule has 1 aliphatic rings. The standard InChI is InChI=1S/C16H21N2O9P/c1-10(15(20)21)8-17-14(19)13-16(2,3)9-25-28(24,27-13)26-12-6-4-11(5-7-12)18(22)23/h4-7,10,13H,8-9H2,1-3H3,(H,17,19)(H,20,21)/t10?,13-,28?/m0/s1. The number of carboxylic acid groups (broad SMARTS) is 1. The first-order valence-electron chi connectivity index (χ1n) is 8.31.